The second-order valence-electron chi connectivity index (χ2n) is 4.97. The summed E-state index contributed by atoms with van der Waals surface area (Å²) in [5, 5.41) is 17.4. The lowest BCUT2D eigenvalue weighted by Gasteiger charge is -2.28. The molecule has 0 aromatic heterocycles. The Balaban J connectivity index is 2.33. The molecule has 0 spiro atoms. The van der Waals surface area contributed by atoms with Gasteiger partial charge in [-0.1, -0.05) is 0 Å². The Bertz CT molecular complexity index is 312. The van der Waals surface area contributed by atoms with Gasteiger partial charge in [-0.2, -0.15) is 0 Å². The normalized spacial score (nSPS) is 23.2. The summed E-state index contributed by atoms with van der Waals surface area (Å²) in [5.74, 6) is 0.975. The average molecular weight is 284 g/mol. The van der Waals surface area contributed by atoms with Gasteiger partial charge >= 0.3 is 0 Å². The van der Waals surface area contributed by atoms with Crippen LogP contribution in [0.15, 0.2) is 11.9 Å². The molecule has 0 aromatic carbocycles. The summed E-state index contributed by atoms with van der Waals surface area (Å²) in [6, 6.07) is 0.600. The summed E-state index contributed by atoms with van der Waals surface area (Å²) < 4.78 is 10.7. The zero-order chi connectivity index (χ0) is 14.8. The Kier molecular flexibility index (Phi) is 8.06. The van der Waals surface area contributed by atoms with E-state index in [1.54, 1.807) is 13.2 Å². The number of methoxy groups -OCH3 is 1. The number of hydrogen-bond acceptors (Lipinski definition) is 6. The van der Waals surface area contributed by atoms with Gasteiger partial charge in [0, 0.05) is 32.8 Å². The smallest absolute Gasteiger partial charge is 0.209 e. The van der Waals surface area contributed by atoms with Gasteiger partial charge in [0.15, 0.2) is 0 Å². The highest BCUT2D eigenvalue weighted by Crippen LogP contribution is 2.21. The van der Waals surface area contributed by atoms with Crippen LogP contribution in [0.25, 0.3) is 0 Å². The topological polar surface area (TPSA) is 78.4 Å². The Morgan fingerprint density at radius 1 is 1.25 bits per heavy atom. The molecule has 0 aliphatic heterocycles. The van der Waals surface area contributed by atoms with Crippen LogP contribution in [0.4, 0.5) is 0 Å². The van der Waals surface area contributed by atoms with Crippen LogP contribution in [0.2, 0.25) is 0 Å². The van der Waals surface area contributed by atoms with Crippen molar-refractivity contribution in [2.24, 2.45) is 0 Å². The third-order valence-electron chi connectivity index (χ3n) is 3.54. The summed E-state index contributed by atoms with van der Waals surface area (Å²) in [5.41, 5.74) is 0. The summed E-state index contributed by atoms with van der Waals surface area (Å²) in [6.07, 6.45) is 6.09. The highest BCUT2D eigenvalue weighted by molar-refractivity contribution is 5.85. The lowest BCUT2D eigenvalue weighted by atomic mass is 9.93. The molecule has 1 fully saturated rings. The van der Waals surface area contributed by atoms with Crippen LogP contribution in [0.3, 0.4) is 0 Å². The third-order valence-corrected chi connectivity index (χ3v) is 3.54. The van der Waals surface area contributed by atoms with Crippen LogP contribution in [0, 0.1) is 5.41 Å². The minimum Gasteiger partial charge on any atom is -0.475 e. The minimum atomic E-state index is 0.167. The van der Waals surface area contributed by atoms with E-state index in [0.29, 0.717) is 19.2 Å². The van der Waals surface area contributed by atoms with Crippen molar-refractivity contribution in [3.8, 4) is 0 Å². The van der Waals surface area contributed by atoms with E-state index in [1.807, 2.05) is 14.1 Å². The molecular weight excluding hydrogens is 256 g/mol. The van der Waals surface area contributed by atoms with Crippen LogP contribution in [-0.2, 0) is 9.47 Å². The van der Waals surface area contributed by atoms with Crippen molar-refractivity contribution >= 4 is 5.90 Å². The monoisotopic (exact) mass is 284 g/mol. The molecule has 0 unspecified atom stereocenters. The molecule has 1 aliphatic rings. The lowest BCUT2D eigenvalue weighted by molar-refractivity contribution is 0.130. The van der Waals surface area contributed by atoms with E-state index >= 15 is 0 Å². The molecule has 1 rings (SSSR count). The minimum absolute atomic E-state index is 0.167. The first kappa shape index (κ1) is 16.8. The zero-order valence-electron chi connectivity index (χ0n) is 12.8. The maximum atomic E-state index is 7.91. The summed E-state index contributed by atoms with van der Waals surface area (Å²) in [4.78, 5) is 0. The molecule has 6 nitrogen and oxygen atoms in total. The zero-order valence-corrected chi connectivity index (χ0v) is 12.8. The van der Waals surface area contributed by atoms with Crippen LogP contribution in [0.5, 0.6) is 0 Å². The molecule has 0 amide bonds. The van der Waals surface area contributed by atoms with Crippen LogP contribution in [0.1, 0.15) is 25.7 Å². The summed E-state index contributed by atoms with van der Waals surface area (Å²) in [7, 11) is 5.48. The fourth-order valence-electron chi connectivity index (χ4n) is 2.31. The second kappa shape index (κ2) is 9.61. The van der Waals surface area contributed by atoms with Gasteiger partial charge in [0.1, 0.15) is 11.9 Å². The summed E-state index contributed by atoms with van der Waals surface area (Å²) in [6.45, 7) is 1.32. The molecule has 0 aromatic rings. The van der Waals surface area contributed by atoms with E-state index in [-0.39, 0.29) is 12.0 Å². The van der Waals surface area contributed by atoms with Crippen LogP contribution < -0.4 is 16.0 Å². The van der Waals surface area contributed by atoms with E-state index in [9.17, 15) is 0 Å². The van der Waals surface area contributed by atoms with Gasteiger partial charge in [0.2, 0.25) is 5.90 Å². The lowest BCUT2D eigenvalue weighted by Crippen LogP contribution is -2.34. The van der Waals surface area contributed by atoms with Gasteiger partial charge in [-0.3, -0.25) is 5.41 Å². The molecule has 0 saturated heterocycles. The Labute approximate surface area is 121 Å². The van der Waals surface area contributed by atoms with Gasteiger partial charge in [0.05, 0.1) is 6.61 Å². The predicted octanol–water partition coefficient (Wildman–Crippen LogP) is 0.808. The maximum Gasteiger partial charge on any atom is 0.209 e. The van der Waals surface area contributed by atoms with Gasteiger partial charge in [-0.15, -0.1) is 0 Å². The van der Waals surface area contributed by atoms with Gasteiger partial charge in [-0.05, 0) is 32.7 Å². The highest BCUT2D eigenvalue weighted by atomic mass is 16.5. The fourth-order valence-corrected chi connectivity index (χ4v) is 2.31. The van der Waals surface area contributed by atoms with Crippen molar-refractivity contribution in [1.29, 1.82) is 5.41 Å². The molecule has 0 heterocycles. The molecule has 116 valence electrons. The molecule has 1 saturated carbocycles. The number of hydrogen-bond donors (Lipinski definition) is 4. The number of ether oxygens (including phenoxy) is 2. The van der Waals surface area contributed by atoms with E-state index < -0.39 is 0 Å². The Morgan fingerprint density at radius 3 is 2.50 bits per heavy atom. The van der Waals surface area contributed by atoms with Crippen molar-refractivity contribution in [3.63, 3.8) is 0 Å². The van der Waals surface area contributed by atoms with Crippen molar-refractivity contribution in [2.75, 3.05) is 34.4 Å². The quantitative estimate of drug-likeness (QED) is 0.301. The number of rotatable bonds is 8. The van der Waals surface area contributed by atoms with Gasteiger partial charge in [-0.25, -0.2) is 0 Å². The van der Waals surface area contributed by atoms with Crippen LogP contribution in [-0.4, -0.2) is 52.4 Å². The molecule has 20 heavy (non-hydrogen) atoms. The molecular formula is C14H28N4O2. The SMILES string of the molecule is CN/C(=C\C(=N)OC1CCC(NC)CC1)NCCOC. The Hall–Kier alpha value is -1.27. The fraction of sp³-hybridized carbons (Fsp3) is 0.786. The highest BCUT2D eigenvalue weighted by Gasteiger charge is 2.21. The van der Waals surface area contributed by atoms with E-state index in [2.05, 4.69) is 16.0 Å². The molecule has 0 atom stereocenters. The standard InChI is InChI=1S/C14H28N4O2/c1-16-11-4-6-12(7-5-11)20-13(15)10-14(17-2)18-8-9-19-3/h10-12,15-18H,4-9H2,1-3H3/b14-10+,15-13?. The van der Waals surface area contributed by atoms with Gasteiger partial charge < -0.3 is 25.4 Å². The van der Waals surface area contributed by atoms with Crippen molar-refractivity contribution < 1.29 is 9.47 Å². The van der Waals surface area contributed by atoms with E-state index in [4.69, 9.17) is 14.9 Å². The molecule has 0 radical (unpaired) electrons. The van der Waals surface area contributed by atoms with Crippen molar-refractivity contribution in [1.82, 2.24) is 16.0 Å². The molecule has 0 bridgehead atoms. The molecule has 6 heteroatoms. The first-order valence-electron chi connectivity index (χ1n) is 7.24. The van der Waals surface area contributed by atoms with Crippen LogP contribution >= 0.6 is 0 Å². The molecule has 1 aliphatic carbocycles. The predicted molar refractivity (Wildman–Crippen MR) is 80.9 cm³/mol. The van der Waals surface area contributed by atoms with E-state index in [0.717, 1.165) is 31.5 Å². The van der Waals surface area contributed by atoms with E-state index in [1.165, 1.54) is 0 Å². The first-order chi connectivity index (χ1) is 9.69. The first-order valence-corrected chi connectivity index (χ1v) is 7.24. The number of nitrogens with one attached hydrogen (secondary N) is 4. The Morgan fingerprint density at radius 2 is 1.95 bits per heavy atom. The van der Waals surface area contributed by atoms with Crippen molar-refractivity contribution in [3.05, 3.63) is 11.9 Å². The third kappa shape index (κ3) is 6.25. The molecule has 4 N–H and O–H groups in total. The average Bonchev–Trinajstić information content (AvgIpc) is 2.47. The van der Waals surface area contributed by atoms with Gasteiger partial charge in [0.25, 0.3) is 0 Å². The second-order valence-corrected chi connectivity index (χ2v) is 4.97. The maximum absolute atomic E-state index is 7.91. The largest absolute Gasteiger partial charge is 0.475 e. The summed E-state index contributed by atoms with van der Waals surface area (Å²) >= 11 is 0. The van der Waals surface area contributed by atoms with Crippen molar-refractivity contribution in [2.45, 2.75) is 37.8 Å².